The minimum atomic E-state index is -0.804. The first-order valence-electron chi connectivity index (χ1n) is 3.88. The van der Waals surface area contributed by atoms with Crippen molar-refractivity contribution in [2.45, 2.75) is 11.3 Å². The summed E-state index contributed by atoms with van der Waals surface area (Å²) < 4.78 is 25.2. The third-order valence-corrected chi connectivity index (χ3v) is 2.79. The van der Waals surface area contributed by atoms with Crippen LogP contribution in [-0.2, 0) is 0 Å². The van der Waals surface area contributed by atoms with E-state index in [9.17, 15) is 8.78 Å². The molecule has 0 radical (unpaired) electrons. The number of rotatable bonds is 4. The van der Waals surface area contributed by atoms with Crippen LogP contribution in [-0.4, -0.2) is 11.6 Å². The summed E-state index contributed by atoms with van der Waals surface area (Å²) in [4.78, 5) is 0.740. The number of benzene rings is 1. The van der Waals surface area contributed by atoms with E-state index in [1.165, 1.54) is 17.8 Å². The van der Waals surface area contributed by atoms with Gasteiger partial charge in [0.25, 0.3) is 0 Å². The fourth-order valence-electron chi connectivity index (χ4n) is 0.811. The normalized spacial score (nSPS) is 10.4. The summed E-state index contributed by atoms with van der Waals surface area (Å²) in [6.45, 7) is 0. The molecule has 72 valence electrons. The lowest BCUT2D eigenvalue weighted by molar-refractivity contribution is 0.506. The standard InChI is InChI=1S/C9H9ClF2S/c10-4-1-5-13-7-2-3-8(11)9(12)6-7/h2-3,6H,1,4-5H2. The maximum atomic E-state index is 12.7. The molecule has 0 atom stereocenters. The van der Waals surface area contributed by atoms with E-state index < -0.39 is 11.6 Å². The Balaban J connectivity index is 2.53. The Morgan fingerprint density at radius 2 is 2.00 bits per heavy atom. The van der Waals surface area contributed by atoms with Gasteiger partial charge in [-0.3, -0.25) is 0 Å². The van der Waals surface area contributed by atoms with Crippen molar-refractivity contribution in [3.63, 3.8) is 0 Å². The quantitative estimate of drug-likeness (QED) is 0.425. The zero-order valence-electron chi connectivity index (χ0n) is 6.90. The topological polar surface area (TPSA) is 0 Å². The highest BCUT2D eigenvalue weighted by atomic mass is 35.5. The maximum Gasteiger partial charge on any atom is 0.159 e. The molecule has 0 aliphatic carbocycles. The van der Waals surface area contributed by atoms with Gasteiger partial charge in [0, 0.05) is 10.8 Å². The monoisotopic (exact) mass is 222 g/mol. The highest BCUT2D eigenvalue weighted by Crippen LogP contribution is 2.20. The van der Waals surface area contributed by atoms with E-state index in [0.29, 0.717) is 5.88 Å². The number of hydrogen-bond donors (Lipinski definition) is 0. The molecular formula is C9H9ClF2S. The predicted molar refractivity (Wildman–Crippen MR) is 52.4 cm³/mol. The van der Waals surface area contributed by atoms with Crippen LogP contribution in [0.1, 0.15) is 6.42 Å². The molecule has 0 aromatic heterocycles. The Labute approximate surface area is 85.3 Å². The first kappa shape index (κ1) is 10.8. The van der Waals surface area contributed by atoms with Crippen LogP contribution in [0.25, 0.3) is 0 Å². The Morgan fingerprint density at radius 3 is 2.62 bits per heavy atom. The molecule has 0 aliphatic rings. The van der Waals surface area contributed by atoms with Crippen molar-refractivity contribution in [2.24, 2.45) is 0 Å². The molecule has 1 aromatic carbocycles. The first-order chi connectivity index (χ1) is 6.24. The zero-order chi connectivity index (χ0) is 9.68. The van der Waals surface area contributed by atoms with Crippen molar-refractivity contribution >= 4 is 23.4 Å². The lowest BCUT2D eigenvalue weighted by Gasteiger charge is -2.00. The average molecular weight is 223 g/mol. The highest BCUT2D eigenvalue weighted by Gasteiger charge is 2.02. The summed E-state index contributed by atoms with van der Waals surface area (Å²) in [5, 5.41) is 0. The molecule has 0 heterocycles. The maximum absolute atomic E-state index is 12.7. The van der Waals surface area contributed by atoms with Crippen molar-refractivity contribution in [2.75, 3.05) is 11.6 Å². The van der Waals surface area contributed by atoms with Gasteiger partial charge >= 0.3 is 0 Å². The Kier molecular flexibility index (Phi) is 4.53. The summed E-state index contributed by atoms with van der Waals surface area (Å²) in [7, 11) is 0. The van der Waals surface area contributed by atoms with Crippen molar-refractivity contribution in [1.29, 1.82) is 0 Å². The van der Waals surface area contributed by atoms with E-state index in [1.807, 2.05) is 0 Å². The molecule has 0 saturated heterocycles. The molecule has 0 spiro atoms. The van der Waals surface area contributed by atoms with Gasteiger partial charge in [0.2, 0.25) is 0 Å². The van der Waals surface area contributed by atoms with Crippen molar-refractivity contribution in [1.82, 2.24) is 0 Å². The second-order valence-corrected chi connectivity index (χ2v) is 4.01. The number of thioether (sulfide) groups is 1. The fraction of sp³-hybridized carbons (Fsp3) is 0.333. The highest BCUT2D eigenvalue weighted by molar-refractivity contribution is 7.99. The van der Waals surface area contributed by atoms with Crippen molar-refractivity contribution < 1.29 is 8.78 Å². The van der Waals surface area contributed by atoms with Crippen LogP contribution in [0, 0.1) is 11.6 Å². The molecule has 0 unspecified atom stereocenters. The molecule has 0 saturated carbocycles. The van der Waals surface area contributed by atoms with E-state index in [1.54, 1.807) is 6.07 Å². The average Bonchev–Trinajstić information content (AvgIpc) is 2.12. The van der Waals surface area contributed by atoms with Gasteiger partial charge in [-0.1, -0.05) is 0 Å². The molecule has 4 heteroatoms. The van der Waals surface area contributed by atoms with Crippen LogP contribution in [0.15, 0.2) is 23.1 Å². The second kappa shape index (κ2) is 5.45. The predicted octanol–water partition coefficient (Wildman–Crippen LogP) is 3.69. The molecule has 1 rings (SSSR count). The summed E-state index contributed by atoms with van der Waals surface area (Å²) >= 11 is 6.95. The molecule has 0 N–H and O–H groups in total. The number of halogens is 3. The zero-order valence-corrected chi connectivity index (χ0v) is 8.47. The van der Waals surface area contributed by atoms with Gasteiger partial charge < -0.3 is 0 Å². The Hall–Kier alpha value is -0.280. The van der Waals surface area contributed by atoms with Crippen LogP contribution in [0.4, 0.5) is 8.78 Å². The summed E-state index contributed by atoms with van der Waals surface area (Å²) in [5.74, 6) is -0.178. The van der Waals surface area contributed by atoms with Crippen molar-refractivity contribution in [3.05, 3.63) is 29.8 Å². The van der Waals surface area contributed by atoms with E-state index in [0.717, 1.165) is 23.1 Å². The smallest absolute Gasteiger partial charge is 0.159 e. The first-order valence-corrected chi connectivity index (χ1v) is 5.40. The summed E-state index contributed by atoms with van der Waals surface area (Å²) in [6.07, 6.45) is 0.866. The summed E-state index contributed by atoms with van der Waals surface area (Å²) in [5.41, 5.74) is 0. The Morgan fingerprint density at radius 1 is 1.23 bits per heavy atom. The van der Waals surface area contributed by atoms with Crippen LogP contribution in [0.5, 0.6) is 0 Å². The van der Waals surface area contributed by atoms with Gasteiger partial charge in [-0.2, -0.15) is 0 Å². The summed E-state index contributed by atoms with van der Waals surface area (Å²) in [6, 6.07) is 3.91. The molecule has 13 heavy (non-hydrogen) atoms. The molecule has 0 fully saturated rings. The molecular weight excluding hydrogens is 214 g/mol. The van der Waals surface area contributed by atoms with Gasteiger partial charge in [0.15, 0.2) is 11.6 Å². The third kappa shape index (κ3) is 3.53. The van der Waals surface area contributed by atoms with Gasteiger partial charge in [-0.15, -0.1) is 23.4 Å². The fourth-order valence-corrected chi connectivity index (χ4v) is 1.98. The lowest BCUT2D eigenvalue weighted by atomic mass is 10.3. The van der Waals surface area contributed by atoms with E-state index >= 15 is 0 Å². The molecule has 0 amide bonds. The van der Waals surface area contributed by atoms with Gasteiger partial charge in [0.1, 0.15) is 0 Å². The molecule has 0 nitrogen and oxygen atoms in total. The molecule has 0 bridgehead atoms. The second-order valence-electron chi connectivity index (χ2n) is 2.47. The Bertz CT molecular complexity index is 278. The van der Waals surface area contributed by atoms with E-state index in [4.69, 9.17) is 11.6 Å². The number of alkyl halides is 1. The third-order valence-electron chi connectivity index (χ3n) is 1.44. The van der Waals surface area contributed by atoms with Crippen molar-refractivity contribution in [3.8, 4) is 0 Å². The van der Waals surface area contributed by atoms with Gasteiger partial charge in [-0.05, 0) is 30.4 Å². The SMILES string of the molecule is Fc1ccc(SCCCCl)cc1F. The molecule has 0 aliphatic heterocycles. The minimum absolute atomic E-state index is 0.594. The van der Waals surface area contributed by atoms with E-state index in [-0.39, 0.29) is 0 Å². The molecule has 1 aromatic rings. The van der Waals surface area contributed by atoms with Crippen LogP contribution < -0.4 is 0 Å². The minimum Gasteiger partial charge on any atom is -0.204 e. The van der Waals surface area contributed by atoms with Crippen LogP contribution in [0.2, 0.25) is 0 Å². The lowest BCUT2D eigenvalue weighted by Crippen LogP contribution is -1.85. The number of hydrogen-bond acceptors (Lipinski definition) is 1. The van der Waals surface area contributed by atoms with Gasteiger partial charge in [0.05, 0.1) is 0 Å². The van der Waals surface area contributed by atoms with Crippen LogP contribution in [0.3, 0.4) is 0 Å². The largest absolute Gasteiger partial charge is 0.204 e. The van der Waals surface area contributed by atoms with E-state index in [2.05, 4.69) is 0 Å². The van der Waals surface area contributed by atoms with Crippen LogP contribution >= 0.6 is 23.4 Å². The van der Waals surface area contributed by atoms with Gasteiger partial charge in [-0.25, -0.2) is 8.78 Å².